The molecule has 0 aliphatic heterocycles. The first-order valence-electron chi connectivity index (χ1n) is 8.25. The fraction of sp³-hybridized carbons (Fsp3) is 0.300. The van der Waals surface area contributed by atoms with Crippen LogP contribution < -0.4 is 10.1 Å². The Kier molecular flexibility index (Phi) is 5.97. The maximum atomic E-state index is 13.0. The molecule has 0 aliphatic rings. The molecule has 26 heavy (non-hydrogen) atoms. The molecule has 138 valence electrons. The number of hydrogen-bond donors (Lipinski definition) is 2. The second-order valence-electron chi connectivity index (χ2n) is 6.66. The number of rotatable bonds is 7. The van der Waals surface area contributed by atoms with Gasteiger partial charge in [0.1, 0.15) is 11.6 Å². The Morgan fingerprint density at radius 2 is 1.69 bits per heavy atom. The monoisotopic (exact) mass is 359 g/mol. The normalized spacial score (nSPS) is 12.3. The Hall–Kier alpha value is -2.89. The number of aliphatic carboxylic acids is 1. The number of benzene rings is 2. The van der Waals surface area contributed by atoms with Crippen LogP contribution in [0.4, 0.5) is 10.1 Å². The van der Waals surface area contributed by atoms with Gasteiger partial charge in [0.2, 0.25) is 0 Å². The van der Waals surface area contributed by atoms with E-state index in [1.165, 1.54) is 24.3 Å². The summed E-state index contributed by atoms with van der Waals surface area (Å²) in [6, 6.07) is 12.4. The number of hydrogen-bond acceptors (Lipinski definition) is 3. The van der Waals surface area contributed by atoms with Crippen LogP contribution in [0.25, 0.3) is 0 Å². The summed E-state index contributed by atoms with van der Waals surface area (Å²) in [5.74, 6) is -1.66. The lowest BCUT2D eigenvalue weighted by molar-refractivity contribution is -0.141. The molecule has 0 saturated carbocycles. The minimum absolute atomic E-state index is 0.353. The smallest absolute Gasteiger partial charge is 0.306 e. The van der Waals surface area contributed by atoms with Crippen molar-refractivity contribution in [3.05, 3.63) is 59.9 Å². The van der Waals surface area contributed by atoms with Crippen molar-refractivity contribution in [1.29, 1.82) is 0 Å². The van der Waals surface area contributed by atoms with Crippen molar-refractivity contribution in [3.63, 3.8) is 0 Å². The third kappa shape index (κ3) is 5.31. The third-order valence-electron chi connectivity index (χ3n) is 3.91. The van der Waals surface area contributed by atoms with Gasteiger partial charge in [0, 0.05) is 5.69 Å². The average molecular weight is 359 g/mol. The molecule has 2 aromatic carbocycles. The number of carboxylic acid groups (broad SMARTS) is 1. The van der Waals surface area contributed by atoms with E-state index >= 15 is 0 Å². The minimum atomic E-state index is -1.16. The van der Waals surface area contributed by atoms with Gasteiger partial charge in [-0.3, -0.25) is 9.59 Å². The zero-order valence-corrected chi connectivity index (χ0v) is 15.0. The summed E-state index contributed by atoms with van der Waals surface area (Å²) in [5.41, 5.74) is 0.297. The van der Waals surface area contributed by atoms with E-state index in [-0.39, 0.29) is 11.7 Å². The molecule has 0 aliphatic carbocycles. The highest BCUT2D eigenvalue weighted by atomic mass is 19.1. The van der Waals surface area contributed by atoms with Crippen LogP contribution in [0.5, 0.6) is 5.75 Å². The first-order valence-corrected chi connectivity index (χ1v) is 8.25. The molecule has 0 saturated heterocycles. The van der Waals surface area contributed by atoms with Gasteiger partial charge >= 0.3 is 5.97 Å². The molecule has 1 amide bonds. The first kappa shape index (κ1) is 19.4. The van der Waals surface area contributed by atoms with Gasteiger partial charge in [-0.15, -0.1) is 0 Å². The zero-order valence-electron chi connectivity index (χ0n) is 15.0. The van der Waals surface area contributed by atoms with Gasteiger partial charge in [-0.1, -0.05) is 19.1 Å². The van der Waals surface area contributed by atoms with E-state index in [0.29, 0.717) is 17.9 Å². The summed E-state index contributed by atoms with van der Waals surface area (Å²) in [5, 5.41) is 11.7. The van der Waals surface area contributed by atoms with Gasteiger partial charge in [0.25, 0.3) is 5.91 Å². The van der Waals surface area contributed by atoms with Gasteiger partial charge in [-0.05, 0) is 62.2 Å². The van der Waals surface area contributed by atoms with Gasteiger partial charge in [0.05, 0.1) is 5.92 Å². The van der Waals surface area contributed by atoms with Crippen molar-refractivity contribution in [3.8, 4) is 5.75 Å². The predicted molar refractivity (Wildman–Crippen MR) is 96.7 cm³/mol. The van der Waals surface area contributed by atoms with Crippen LogP contribution in [-0.4, -0.2) is 22.6 Å². The molecule has 0 spiro atoms. The van der Waals surface area contributed by atoms with Crippen LogP contribution in [0.3, 0.4) is 0 Å². The number of nitrogens with one attached hydrogen (secondary N) is 1. The molecule has 2 rings (SSSR count). The van der Waals surface area contributed by atoms with E-state index in [4.69, 9.17) is 9.84 Å². The second kappa shape index (κ2) is 7.99. The van der Waals surface area contributed by atoms with Crippen LogP contribution in [0.2, 0.25) is 0 Å². The SMILES string of the molecule is CC(Cc1ccc(NC(=O)C(C)(C)Oc2ccc(F)cc2)cc1)C(=O)O. The van der Waals surface area contributed by atoms with Crippen LogP contribution in [0.15, 0.2) is 48.5 Å². The molecule has 5 nitrogen and oxygen atoms in total. The van der Waals surface area contributed by atoms with Crippen molar-refractivity contribution in [1.82, 2.24) is 0 Å². The van der Waals surface area contributed by atoms with Gasteiger partial charge in [-0.2, -0.15) is 0 Å². The summed E-state index contributed by atoms with van der Waals surface area (Å²) in [6.07, 6.45) is 0.419. The Morgan fingerprint density at radius 3 is 2.23 bits per heavy atom. The number of halogens is 1. The van der Waals surface area contributed by atoms with Crippen LogP contribution in [0.1, 0.15) is 26.3 Å². The third-order valence-corrected chi connectivity index (χ3v) is 3.91. The highest BCUT2D eigenvalue weighted by molar-refractivity contribution is 5.97. The predicted octanol–water partition coefficient (Wildman–Crippen LogP) is 3.89. The van der Waals surface area contributed by atoms with Gasteiger partial charge in [0.15, 0.2) is 5.60 Å². The number of carbonyl (C=O) groups is 2. The highest BCUT2D eigenvalue weighted by Gasteiger charge is 2.30. The molecule has 0 heterocycles. The number of amides is 1. The maximum Gasteiger partial charge on any atom is 0.306 e. The summed E-state index contributed by atoms with van der Waals surface area (Å²) in [6.45, 7) is 4.89. The quantitative estimate of drug-likeness (QED) is 0.786. The van der Waals surface area contributed by atoms with E-state index in [1.54, 1.807) is 45.0 Å². The number of anilines is 1. The molecule has 0 aromatic heterocycles. The largest absolute Gasteiger partial charge is 0.481 e. The zero-order chi connectivity index (χ0) is 19.3. The highest BCUT2D eigenvalue weighted by Crippen LogP contribution is 2.21. The van der Waals surface area contributed by atoms with Crippen LogP contribution in [0, 0.1) is 11.7 Å². The number of ether oxygens (including phenoxy) is 1. The fourth-order valence-electron chi connectivity index (χ4n) is 2.29. The summed E-state index contributed by atoms with van der Waals surface area (Å²) in [7, 11) is 0. The van der Waals surface area contributed by atoms with Gasteiger partial charge < -0.3 is 15.2 Å². The minimum Gasteiger partial charge on any atom is -0.481 e. The lowest BCUT2D eigenvalue weighted by Gasteiger charge is -2.25. The Bertz CT molecular complexity index is 769. The first-order chi connectivity index (χ1) is 12.2. The summed E-state index contributed by atoms with van der Waals surface area (Å²) in [4.78, 5) is 23.4. The Labute approximate surface area is 151 Å². The van der Waals surface area contributed by atoms with Crippen molar-refractivity contribution < 1.29 is 23.8 Å². The molecule has 0 radical (unpaired) electrons. The molecule has 0 bridgehead atoms. The lowest BCUT2D eigenvalue weighted by atomic mass is 10.0. The van der Waals surface area contributed by atoms with E-state index < -0.39 is 17.5 Å². The van der Waals surface area contributed by atoms with Crippen molar-refractivity contribution in [2.75, 3.05) is 5.32 Å². The number of carboxylic acids is 1. The average Bonchev–Trinajstić information content (AvgIpc) is 2.58. The topological polar surface area (TPSA) is 75.6 Å². The molecule has 6 heteroatoms. The standard InChI is InChI=1S/C20H22FNO4/c1-13(18(23)24)12-14-4-8-16(9-5-14)22-19(25)20(2,3)26-17-10-6-15(21)7-11-17/h4-11,13H,12H2,1-3H3,(H,22,25)(H,23,24). The fourth-order valence-corrected chi connectivity index (χ4v) is 2.29. The van der Waals surface area contributed by atoms with Gasteiger partial charge in [-0.25, -0.2) is 4.39 Å². The maximum absolute atomic E-state index is 13.0. The van der Waals surface area contributed by atoms with E-state index in [0.717, 1.165) is 5.56 Å². The van der Waals surface area contributed by atoms with E-state index in [1.807, 2.05) is 0 Å². The Morgan fingerprint density at radius 1 is 1.12 bits per heavy atom. The van der Waals surface area contributed by atoms with Crippen molar-refractivity contribution >= 4 is 17.6 Å². The molecule has 2 N–H and O–H groups in total. The van der Waals surface area contributed by atoms with Crippen molar-refractivity contribution in [2.24, 2.45) is 5.92 Å². The molecule has 2 aromatic rings. The van der Waals surface area contributed by atoms with E-state index in [2.05, 4.69) is 5.32 Å². The van der Waals surface area contributed by atoms with Crippen molar-refractivity contribution in [2.45, 2.75) is 32.8 Å². The van der Waals surface area contributed by atoms with Crippen LogP contribution in [-0.2, 0) is 16.0 Å². The molecule has 0 fully saturated rings. The Balaban J connectivity index is 1.99. The molecular formula is C20H22FNO4. The summed E-state index contributed by atoms with van der Waals surface area (Å²) >= 11 is 0. The molecular weight excluding hydrogens is 337 g/mol. The summed E-state index contributed by atoms with van der Waals surface area (Å²) < 4.78 is 18.6. The lowest BCUT2D eigenvalue weighted by Crippen LogP contribution is -2.42. The second-order valence-corrected chi connectivity index (χ2v) is 6.66. The molecule has 1 atom stereocenters. The van der Waals surface area contributed by atoms with Crippen LogP contribution >= 0.6 is 0 Å². The number of carbonyl (C=O) groups excluding carboxylic acids is 1. The van der Waals surface area contributed by atoms with E-state index in [9.17, 15) is 14.0 Å². The molecule has 1 unspecified atom stereocenters.